The molecule has 4 nitrogen and oxygen atoms in total. The molecule has 1 aromatic heterocycles. The van der Waals surface area contributed by atoms with Gasteiger partial charge in [0.1, 0.15) is 0 Å². The van der Waals surface area contributed by atoms with Crippen LogP contribution in [0.4, 0.5) is 5.69 Å². The molecule has 4 heteroatoms. The van der Waals surface area contributed by atoms with Crippen LogP contribution in [0.25, 0.3) is 0 Å². The van der Waals surface area contributed by atoms with Crippen LogP contribution in [0.1, 0.15) is 29.8 Å². The van der Waals surface area contributed by atoms with E-state index in [1.54, 1.807) is 0 Å². The van der Waals surface area contributed by atoms with Gasteiger partial charge in [0.2, 0.25) is 0 Å². The van der Waals surface area contributed by atoms with Crippen LogP contribution >= 0.6 is 0 Å². The molecule has 1 atom stereocenters. The van der Waals surface area contributed by atoms with Gasteiger partial charge in [-0.3, -0.25) is 9.58 Å². The number of aryl methyl sites for hydroxylation is 1. The number of nitrogens with zero attached hydrogens (tertiary/aromatic N) is 3. The molecule has 0 fully saturated rings. The van der Waals surface area contributed by atoms with Crippen LogP contribution in [0.2, 0.25) is 0 Å². The topological polar surface area (TPSA) is 47.1 Å². The average molecular weight is 256 g/mol. The first-order valence-corrected chi connectivity index (χ1v) is 6.75. The Kier molecular flexibility index (Phi) is 3.03. The summed E-state index contributed by atoms with van der Waals surface area (Å²) in [5, 5.41) is 4.26. The van der Waals surface area contributed by atoms with E-state index in [0.29, 0.717) is 6.04 Å². The van der Waals surface area contributed by atoms with Gasteiger partial charge < -0.3 is 5.73 Å². The van der Waals surface area contributed by atoms with Crippen molar-refractivity contribution in [3.05, 3.63) is 47.3 Å². The summed E-state index contributed by atoms with van der Waals surface area (Å²) in [5.41, 5.74) is 11.0. The highest BCUT2D eigenvalue weighted by molar-refractivity contribution is 5.51. The van der Waals surface area contributed by atoms with Gasteiger partial charge in [-0.1, -0.05) is 12.1 Å². The first kappa shape index (κ1) is 12.2. The van der Waals surface area contributed by atoms with Crippen LogP contribution < -0.4 is 5.73 Å². The van der Waals surface area contributed by atoms with Crippen LogP contribution in [0.3, 0.4) is 0 Å². The maximum atomic E-state index is 6.11. The minimum Gasteiger partial charge on any atom is -0.398 e. The molecule has 0 saturated heterocycles. The molecule has 1 aromatic carbocycles. The summed E-state index contributed by atoms with van der Waals surface area (Å²) in [7, 11) is 2.00. The van der Waals surface area contributed by atoms with Crippen molar-refractivity contribution in [2.75, 3.05) is 12.3 Å². The maximum absolute atomic E-state index is 6.11. The Labute approximate surface area is 113 Å². The molecule has 2 heterocycles. The van der Waals surface area contributed by atoms with Gasteiger partial charge in [0.25, 0.3) is 0 Å². The normalized spacial score (nSPS) is 17.2. The molecule has 1 aliphatic heterocycles. The first-order valence-electron chi connectivity index (χ1n) is 6.75. The van der Waals surface area contributed by atoms with Crippen molar-refractivity contribution in [2.45, 2.75) is 25.9 Å². The van der Waals surface area contributed by atoms with Crippen molar-refractivity contribution in [1.29, 1.82) is 0 Å². The molecule has 0 spiro atoms. The Hall–Kier alpha value is -1.81. The number of hydrogen-bond acceptors (Lipinski definition) is 3. The molecular weight excluding hydrogens is 236 g/mol. The van der Waals surface area contributed by atoms with Crippen LogP contribution in [0.5, 0.6) is 0 Å². The molecule has 1 aliphatic rings. The average Bonchev–Trinajstić information content (AvgIpc) is 2.84. The standard InChI is InChI=1S/C15H20N4/c1-11(15-6-8-17-18(15)2)19-9-7-12-4-3-5-14(16)13(12)10-19/h3-6,8,11H,7,9-10,16H2,1-2H3. The molecule has 0 bridgehead atoms. The van der Waals surface area contributed by atoms with Gasteiger partial charge in [0.05, 0.1) is 5.69 Å². The smallest absolute Gasteiger partial charge is 0.0549 e. The summed E-state index contributed by atoms with van der Waals surface area (Å²) in [4.78, 5) is 2.47. The van der Waals surface area contributed by atoms with E-state index < -0.39 is 0 Å². The fourth-order valence-corrected chi connectivity index (χ4v) is 2.94. The van der Waals surface area contributed by atoms with Crippen molar-refractivity contribution < 1.29 is 0 Å². The van der Waals surface area contributed by atoms with Crippen molar-refractivity contribution in [3.63, 3.8) is 0 Å². The summed E-state index contributed by atoms with van der Waals surface area (Å²) in [6.07, 6.45) is 2.93. The lowest BCUT2D eigenvalue weighted by Crippen LogP contribution is -2.34. The second kappa shape index (κ2) is 4.70. The summed E-state index contributed by atoms with van der Waals surface area (Å²) < 4.78 is 1.95. The van der Waals surface area contributed by atoms with Crippen molar-refractivity contribution >= 4 is 5.69 Å². The lowest BCUT2D eigenvalue weighted by Gasteiger charge is -2.34. The van der Waals surface area contributed by atoms with Crippen LogP contribution in [0, 0.1) is 0 Å². The third-order valence-electron chi connectivity index (χ3n) is 4.17. The van der Waals surface area contributed by atoms with Gasteiger partial charge in [-0.15, -0.1) is 0 Å². The van der Waals surface area contributed by atoms with Gasteiger partial charge in [-0.2, -0.15) is 5.10 Å². The second-order valence-corrected chi connectivity index (χ2v) is 5.26. The lowest BCUT2D eigenvalue weighted by atomic mass is 9.96. The molecule has 2 aromatic rings. The number of benzene rings is 1. The quantitative estimate of drug-likeness (QED) is 0.837. The van der Waals surface area contributed by atoms with Crippen LogP contribution in [-0.2, 0) is 20.0 Å². The summed E-state index contributed by atoms with van der Waals surface area (Å²) >= 11 is 0. The van der Waals surface area contributed by atoms with E-state index in [1.165, 1.54) is 16.8 Å². The summed E-state index contributed by atoms with van der Waals surface area (Å²) in [6.45, 7) is 4.23. The lowest BCUT2D eigenvalue weighted by molar-refractivity contribution is 0.185. The van der Waals surface area contributed by atoms with Gasteiger partial charge in [0, 0.05) is 38.1 Å². The van der Waals surface area contributed by atoms with Gasteiger partial charge >= 0.3 is 0 Å². The van der Waals surface area contributed by atoms with E-state index in [9.17, 15) is 0 Å². The Morgan fingerprint density at radius 2 is 2.16 bits per heavy atom. The number of hydrogen-bond donors (Lipinski definition) is 1. The fraction of sp³-hybridized carbons (Fsp3) is 0.400. The third-order valence-corrected chi connectivity index (χ3v) is 4.17. The fourth-order valence-electron chi connectivity index (χ4n) is 2.94. The molecule has 1 unspecified atom stereocenters. The minimum absolute atomic E-state index is 0.361. The van der Waals surface area contributed by atoms with E-state index in [-0.39, 0.29) is 0 Å². The third kappa shape index (κ3) is 2.12. The largest absolute Gasteiger partial charge is 0.398 e. The minimum atomic E-state index is 0.361. The van der Waals surface area contributed by atoms with Crippen molar-refractivity contribution in [3.8, 4) is 0 Å². The highest BCUT2D eigenvalue weighted by Crippen LogP contribution is 2.29. The zero-order valence-electron chi connectivity index (χ0n) is 11.5. The molecular formula is C15H20N4. The van der Waals surface area contributed by atoms with E-state index in [0.717, 1.165) is 25.2 Å². The highest BCUT2D eigenvalue weighted by Gasteiger charge is 2.24. The Bertz CT molecular complexity index is 588. The van der Waals surface area contributed by atoms with Gasteiger partial charge in [-0.05, 0) is 36.6 Å². The molecule has 0 saturated carbocycles. The van der Waals surface area contributed by atoms with Gasteiger partial charge in [-0.25, -0.2) is 0 Å². The van der Waals surface area contributed by atoms with Crippen molar-refractivity contribution in [1.82, 2.24) is 14.7 Å². The SMILES string of the molecule is CC(c1ccnn1C)N1CCc2cccc(N)c2C1. The summed E-state index contributed by atoms with van der Waals surface area (Å²) in [6, 6.07) is 8.69. The molecule has 100 valence electrons. The number of nitrogen functional groups attached to an aromatic ring is 1. The summed E-state index contributed by atoms with van der Waals surface area (Å²) in [5.74, 6) is 0. The number of aromatic nitrogens is 2. The first-order chi connectivity index (χ1) is 9.16. The second-order valence-electron chi connectivity index (χ2n) is 5.26. The molecule has 0 aliphatic carbocycles. The maximum Gasteiger partial charge on any atom is 0.0549 e. The Morgan fingerprint density at radius 1 is 1.32 bits per heavy atom. The number of anilines is 1. The molecule has 0 amide bonds. The number of fused-ring (bicyclic) bond motifs is 1. The highest BCUT2D eigenvalue weighted by atomic mass is 15.3. The van der Waals surface area contributed by atoms with E-state index in [1.807, 2.05) is 30.1 Å². The molecule has 19 heavy (non-hydrogen) atoms. The van der Waals surface area contributed by atoms with Crippen LogP contribution in [0.15, 0.2) is 30.5 Å². The zero-order valence-corrected chi connectivity index (χ0v) is 11.5. The molecule has 2 N–H and O–H groups in total. The van der Waals surface area contributed by atoms with E-state index in [2.05, 4.69) is 29.1 Å². The number of nitrogens with two attached hydrogens (primary N) is 1. The monoisotopic (exact) mass is 256 g/mol. The Balaban J connectivity index is 1.86. The Morgan fingerprint density at radius 3 is 2.89 bits per heavy atom. The molecule has 0 radical (unpaired) electrons. The predicted octanol–water partition coefficient (Wildman–Crippen LogP) is 2.12. The molecule has 3 rings (SSSR count). The van der Waals surface area contributed by atoms with E-state index in [4.69, 9.17) is 5.73 Å². The van der Waals surface area contributed by atoms with Crippen molar-refractivity contribution in [2.24, 2.45) is 7.05 Å². The number of rotatable bonds is 2. The predicted molar refractivity (Wildman–Crippen MR) is 76.6 cm³/mol. The van der Waals surface area contributed by atoms with E-state index >= 15 is 0 Å². The van der Waals surface area contributed by atoms with Crippen LogP contribution in [-0.4, -0.2) is 21.2 Å². The zero-order chi connectivity index (χ0) is 13.4. The van der Waals surface area contributed by atoms with Gasteiger partial charge in [0.15, 0.2) is 0 Å².